The first-order valence-electron chi connectivity index (χ1n) is 6.98. The Bertz CT molecular complexity index is 605. The summed E-state index contributed by atoms with van der Waals surface area (Å²) in [7, 11) is 0. The third kappa shape index (κ3) is 3.14. The Morgan fingerprint density at radius 2 is 1.67 bits per heavy atom. The molecule has 0 saturated carbocycles. The van der Waals surface area contributed by atoms with Gasteiger partial charge in [-0.25, -0.2) is 5.84 Å². The zero-order valence-corrected chi connectivity index (χ0v) is 11.7. The highest BCUT2D eigenvalue weighted by Crippen LogP contribution is 2.24. The molecule has 0 amide bonds. The van der Waals surface area contributed by atoms with E-state index in [1.165, 1.54) is 18.5 Å². The van der Waals surface area contributed by atoms with Crippen molar-refractivity contribution in [2.45, 2.75) is 12.8 Å². The van der Waals surface area contributed by atoms with Crippen LogP contribution in [0.4, 0.5) is 29.0 Å². The Balaban J connectivity index is 1.74. The fraction of sp³-hybridized carbons (Fsp3) is 0.286. The zero-order valence-electron chi connectivity index (χ0n) is 11.7. The summed E-state index contributed by atoms with van der Waals surface area (Å²) in [6.07, 6.45) is 2.55. The summed E-state index contributed by atoms with van der Waals surface area (Å²) in [5, 5.41) is 3.19. The van der Waals surface area contributed by atoms with Crippen molar-refractivity contribution in [3.05, 3.63) is 30.3 Å². The van der Waals surface area contributed by atoms with Gasteiger partial charge in [0.1, 0.15) is 11.6 Å². The predicted octanol–water partition coefficient (Wildman–Crippen LogP) is 1.69. The number of anilines is 5. The van der Waals surface area contributed by atoms with Crippen LogP contribution in [-0.2, 0) is 0 Å². The standard InChI is InChI=1S/C14H19N7/c15-14-18-12(9-13(19-14)20-16)17-10-3-5-11(6-4-10)21-7-1-2-8-21/h3-6,9H,1-2,7-8,16H2,(H4,15,17,18,19,20). The van der Waals surface area contributed by atoms with Crippen molar-refractivity contribution in [3.63, 3.8) is 0 Å². The topological polar surface area (TPSA) is 105 Å². The lowest BCUT2D eigenvalue weighted by molar-refractivity contribution is 0.949. The van der Waals surface area contributed by atoms with Crippen LogP contribution >= 0.6 is 0 Å². The third-order valence-corrected chi connectivity index (χ3v) is 3.50. The number of benzene rings is 1. The second-order valence-electron chi connectivity index (χ2n) is 5.01. The molecule has 1 aliphatic heterocycles. The number of hydrazine groups is 1. The fourth-order valence-electron chi connectivity index (χ4n) is 2.48. The van der Waals surface area contributed by atoms with E-state index in [1.54, 1.807) is 6.07 Å². The van der Waals surface area contributed by atoms with Gasteiger partial charge in [-0.3, -0.25) is 0 Å². The van der Waals surface area contributed by atoms with Gasteiger partial charge in [0, 0.05) is 30.5 Å². The van der Waals surface area contributed by atoms with Gasteiger partial charge < -0.3 is 21.4 Å². The van der Waals surface area contributed by atoms with Gasteiger partial charge in [0.2, 0.25) is 5.95 Å². The van der Waals surface area contributed by atoms with Crippen LogP contribution in [0, 0.1) is 0 Å². The van der Waals surface area contributed by atoms with E-state index in [4.69, 9.17) is 11.6 Å². The maximum atomic E-state index is 5.63. The van der Waals surface area contributed by atoms with Gasteiger partial charge in [-0.1, -0.05) is 0 Å². The van der Waals surface area contributed by atoms with E-state index in [2.05, 4.69) is 37.7 Å². The molecule has 0 aliphatic carbocycles. The van der Waals surface area contributed by atoms with E-state index >= 15 is 0 Å². The minimum Gasteiger partial charge on any atom is -0.372 e. The molecule has 3 rings (SSSR count). The first-order chi connectivity index (χ1) is 10.2. The molecule has 6 N–H and O–H groups in total. The molecule has 1 fully saturated rings. The summed E-state index contributed by atoms with van der Waals surface area (Å²) in [6.45, 7) is 2.28. The Morgan fingerprint density at radius 1 is 1.00 bits per heavy atom. The van der Waals surface area contributed by atoms with Crippen molar-refractivity contribution in [2.75, 3.05) is 34.5 Å². The molecule has 21 heavy (non-hydrogen) atoms. The first kappa shape index (κ1) is 13.4. The minimum atomic E-state index is 0.168. The van der Waals surface area contributed by atoms with Gasteiger partial charge in [-0.2, -0.15) is 9.97 Å². The van der Waals surface area contributed by atoms with Crippen molar-refractivity contribution in [1.29, 1.82) is 0 Å². The lowest BCUT2D eigenvalue weighted by Gasteiger charge is -2.18. The van der Waals surface area contributed by atoms with Gasteiger partial charge in [-0.15, -0.1) is 0 Å². The van der Waals surface area contributed by atoms with Crippen molar-refractivity contribution in [3.8, 4) is 0 Å². The number of nitrogen functional groups attached to an aromatic ring is 2. The van der Waals surface area contributed by atoms with E-state index in [0.717, 1.165) is 18.8 Å². The molecule has 0 unspecified atom stereocenters. The van der Waals surface area contributed by atoms with E-state index in [9.17, 15) is 0 Å². The summed E-state index contributed by atoms with van der Waals surface area (Å²) < 4.78 is 0. The molecule has 2 aromatic rings. The summed E-state index contributed by atoms with van der Waals surface area (Å²) in [5.41, 5.74) is 10.3. The van der Waals surface area contributed by atoms with Crippen molar-refractivity contribution >= 4 is 29.0 Å². The van der Waals surface area contributed by atoms with E-state index in [0.29, 0.717) is 11.6 Å². The first-order valence-corrected chi connectivity index (χ1v) is 6.98. The molecular formula is C14H19N7. The Hall–Kier alpha value is -2.54. The third-order valence-electron chi connectivity index (χ3n) is 3.50. The van der Waals surface area contributed by atoms with Crippen LogP contribution < -0.4 is 27.2 Å². The second kappa shape index (κ2) is 5.84. The van der Waals surface area contributed by atoms with Crippen LogP contribution in [-0.4, -0.2) is 23.1 Å². The number of aromatic nitrogens is 2. The quantitative estimate of drug-likeness (QED) is 0.500. The molecule has 1 aliphatic rings. The fourth-order valence-corrected chi connectivity index (χ4v) is 2.48. The number of nitrogens with zero attached hydrogens (tertiary/aromatic N) is 3. The lowest BCUT2D eigenvalue weighted by atomic mass is 10.2. The summed E-state index contributed by atoms with van der Waals surface area (Å²) >= 11 is 0. The highest BCUT2D eigenvalue weighted by atomic mass is 15.3. The Morgan fingerprint density at radius 3 is 2.33 bits per heavy atom. The molecule has 1 saturated heterocycles. The minimum absolute atomic E-state index is 0.168. The molecule has 0 atom stereocenters. The summed E-state index contributed by atoms with van der Waals surface area (Å²) in [4.78, 5) is 10.5. The molecule has 1 aromatic heterocycles. The maximum absolute atomic E-state index is 5.63. The summed E-state index contributed by atoms with van der Waals surface area (Å²) in [5.74, 6) is 6.58. The lowest BCUT2D eigenvalue weighted by Crippen LogP contribution is -2.17. The molecule has 0 radical (unpaired) electrons. The number of nitrogens with two attached hydrogens (primary N) is 2. The largest absolute Gasteiger partial charge is 0.372 e. The molecular weight excluding hydrogens is 266 g/mol. The second-order valence-corrected chi connectivity index (χ2v) is 5.01. The highest BCUT2D eigenvalue weighted by Gasteiger charge is 2.11. The monoisotopic (exact) mass is 285 g/mol. The number of hydrogen-bond acceptors (Lipinski definition) is 7. The van der Waals surface area contributed by atoms with Gasteiger partial charge >= 0.3 is 0 Å². The van der Waals surface area contributed by atoms with Crippen LogP contribution in [0.25, 0.3) is 0 Å². The SMILES string of the molecule is NNc1cc(Nc2ccc(N3CCCC3)cc2)nc(N)n1. The molecule has 7 nitrogen and oxygen atoms in total. The van der Waals surface area contributed by atoms with Crippen molar-refractivity contribution in [2.24, 2.45) is 5.84 Å². The zero-order chi connectivity index (χ0) is 14.7. The van der Waals surface area contributed by atoms with Gasteiger partial charge in [-0.05, 0) is 37.1 Å². The summed E-state index contributed by atoms with van der Waals surface area (Å²) in [6, 6.07) is 9.98. The number of hydrogen-bond donors (Lipinski definition) is 4. The van der Waals surface area contributed by atoms with E-state index in [1.807, 2.05) is 12.1 Å². The molecule has 7 heteroatoms. The maximum Gasteiger partial charge on any atom is 0.223 e. The average Bonchev–Trinajstić information content (AvgIpc) is 3.01. The van der Waals surface area contributed by atoms with Gasteiger partial charge in [0.05, 0.1) is 0 Å². The highest BCUT2D eigenvalue weighted by molar-refractivity contribution is 5.63. The van der Waals surface area contributed by atoms with Gasteiger partial charge in [0.15, 0.2) is 0 Å². The van der Waals surface area contributed by atoms with E-state index in [-0.39, 0.29) is 5.95 Å². The van der Waals surface area contributed by atoms with E-state index < -0.39 is 0 Å². The van der Waals surface area contributed by atoms with Gasteiger partial charge in [0.25, 0.3) is 0 Å². The molecule has 0 bridgehead atoms. The molecule has 110 valence electrons. The van der Waals surface area contributed by atoms with Crippen LogP contribution in [0.2, 0.25) is 0 Å². The molecule has 0 spiro atoms. The Labute approximate surface area is 123 Å². The number of nitrogens with one attached hydrogen (secondary N) is 2. The Kier molecular flexibility index (Phi) is 3.74. The van der Waals surface area contributed by atoms with Crippen molar-refractivity contribution < 1.29 is 0 Å². The van der Waals surface area contributed by atoms with Crippen LogP contribution in [0.5, 0.6) is 0 Å². The predicted molar refractivity (Wildman–Crippen MR) is 85.4 cm³/mol. The van der Waals surface area contributed by atoms with Crippen LogP contribution in [0.3, 0.4) is 0 Å². The van der Waals surface area contributed by atoms with Crippen LogP contribution in [0.1, 0.15) is 12.8 Å². The smallest absolute Gasteiger partial charge is 0.223 e. The normalized spacial score (nSPS) is 14.2. The molecule has 2 heterocycles. The molecule has 1 aromatic carbocycles. The van der Waals surface area contributed by atoms with Crippen molar-refractivity contribution in [1.82, 2.24) is 9.97 Å². The van der Waals surface area contributed by atoms with Crippen LogP contribution in [0.15, 0.2) is 30.3 Å². The number of rotatable bonds is 4. The average molecular weight is 285 g/mol.